The number of nitrogens with one attached hydrogen (secondary N) is 1. The fraction of sp³-hybridized carbons (Fsp3) is 0.400. The van der Waals surface area contributed by atoms with E-state index in [9.17, 15) is 18.0 Å². The molecule has 0 unspecified atom stereocenters. The van der Waals surface area contributed by atoms with E-state index in [1.54, 1.807) is 29.3 Å². The summed E-state index contributed by atoms with van der Waals surface area (Å²) in [5, 5.41) is 0. The van der Waals surface area contributed by atoms with Crippen molar-refractivity contribution in [3.8, 4) is 0 Å². The molecule has 24 heavy (non-hydrogen) atoms. The van der Waals surface area contributed by atoms with Crippen LogP contribution in [0.5, 0.6) is 0 Å². The summed E-state index contributed by atoms with van der Waals surface area (Å²) in [6.07, 6.45) is 5.03. The SMILES string of the molecule is CS(=O)(=O)NC1CCN(C(=O)c2cnc3ccccn3c2=O)CC1. The van der Waals surface area contributed by atoms with Crippen LogP contribution in [0.3, 0.4) is 0 Å². The van der Waals surface area contributed by atoms with Crippen LogP contribution in [-0.4, -0.2) is 54.0 Å². The predicted molar refractivity (Wildman–Crippen MR) is 88.4 cm³/mol. The first-order valence-electron chi connectivity index (χ1n) is 7.58. The van der Waals surface area contributed by atoms with Gasteiger partial charge in [-0.15, -0.1) is 0 Å². The molecule has 0 radical (unpaired) electrons. The molecule has 128 valence electrons. The van der Waals surface area contributed by atoms with Gasteiger partial charge >= 0.3 is 0 Å². The molecule has 8 nitrogen and oxygen atoms in total. The van der Waals surface area contributed by atoms with Crippen LogP contribution < -0.4 is 10.3 Å². The number of nitrogens with zero attached hydrogens (tertiary/aromatic N) is 3. The Kier molecular flexibility index (Phi) is 4.37. The Hall–Kier alpha value is -2.26. The average molecular weight is 350 g/mol. The fourth-order valence-corrected chi connectivity index (χ4v) is 3.69. The summed E-state index contributed by atoms with van der Waals surface area (Å²) in [5.74, 6) is -0.372. The van der Waals surface area contributed by atoms with Gasteiger partial charge in [-0.25, -0.2) is 18.1 Å². The van der Waals surface area contributed by atoms with Crippen LogP contribution in [0.25, 0.3) is 5.65 Å². The fourth-order valence-electron chi connectivity index (χ4n) is 2.85. The molecule has 9 heteroatoms. The molecule has 3 heterocycles. The molecule has 0 atom stereocenters. The molecular weight excluding hydrogens is 332 g/mol. The number of fused-ring (bicyclic) bond motifs is 1. The lowest BCUT2D eigenvalue weighted by Gasteiger charge is -2.31. The molecule has 3 rings (SSSR count). The maximum absolute atomic E-state index is 12.6. The summed E-state index contributed by atoms with van der Waals surface area (Å²) in [6, 6.07) is 4.98. The molecule has 0 spiro atoms. The minimum Gasteiger partial charge on any atom is -0.338 e. The van der Waals surface area contributed by atoms with E-state index < -0.39 is 15.6 Å². The minimum atomic E-state index is -3.26. The molecule has 0 bridgehead atoms. The summed E-state index contributed by atoms with van der Waals surface area (Å²) in [7, 11) is -3.26. The van der Waals surface area contributed by atoms with E-state index in [2.05, 4.69) is 9.71 Å². The van der Waals surface area contributed by atoms with Crippen LogP contribution in [0, 0.1) is 0 Å². The first kappa shape index (κ1) is 16.6. The van der Waals surface area contributed by atoms with Crippen molar-refractivity contribution in [2.75, 3.05) is 19.3 Å². The van der Waals surface area contributed by atoms with Gasteiger partial charge in [-0.1, -0.05) is 6.07 Å². The highest BCUT2D eigenvalue weighted by Gasteiger charge is 2.27. The Labute approximate surface area is 139 Å². The van der Waals surface area contributed by atoms with Gasteiger partial charge in [-0.05, 0) is 25.0 Å². The van der Waals surface area contributed by atoms with E-state index in [1.165, 1.54) is 10.6 Å². The number of likely N-dealkylation sites (tertiary alicyclic amines) is 1. The summed E-state index contributed by atoms with van der Waals surface area (Å²) < 4.78 is 26.4. The van der Waals surface area contributed by atoms with Crippen LogP contribution in [0.15, 0.2) is 35.4 Å². The molecule has 1 amide bonds. The molecule has 2 aromatic rings. The third kappa shape index (κ3) is 3.46. The Morgan fingerprint density at radius 2 is 2.00 bits per heavy atom. The van der Waals surface area contributed by atoms with Gasteiger partial charge in [-0.3, -0.25) is 14.0 Å². The maximum Gasteiger partial charge on any atom is 0.270 e. The number of carbonyl (C=O) groups is 1. The number of pyridine rings is 1. The van der Waals surface area contributed by atoms with Gasteiger partial charge in [-0.2, -0.15) is 0 Å². The van der Waals surface area contributed by atoms with Gasteiger partial charge in [0.15, 0.2) is 0 Å². The monoisotopic (exact) mass is 350 g/mol. The number of aromatic nitrogens is 2. The number of carbonyl (C=O) groups excluding carboxylic acids is 1. The molecule has 1 fully saturated rings. The Bertz CT molecular complexity index is 930. The molecule has 0 aliphatic carbocycles. The lowest BCUT2D eigenvalue weighted by Crippen LogP contribution is -2.47. The standard InChI is InChI=1S/C15H18N4O4S/c1-24(22,23)17-11-5-8-18(9-6-11)14(20)12-10-16-13-4-2-3-7-19(13)15(12)21/h2-4,7,10-11,17H,5-6,8-9H2,1H3. The van der Waals surface area contributed by atoms with Crippen LogP contribution in [0.1, 0.15) is 23.2 Å². The van der Waals surface area contributed by atoms with Crippen molar-refractivity contribution in [3.05, 3.63) is 46.5 Å². The van der Waals surface area contributed by atoms with Crippen molar-refractivity contribution in [3.63, 3.8) is 0 Å². The highest BCUT2D eigenvalue weighted by atomic mass is 32.2. The largest absolute Gasteiger partial charge is 0.338 e. The van der Waals surface area contributed by atoms with Gasteiger partial charge in [0.25, 0.3) is 11.5 Å². The van der Waals surface area contributed by atoms with E-state index in [-0.39, 0.29) is 17.5 Å². The van der Waals surface area contributed by atoms with Crippen molar-refractivity contribution < 1.29 is 13.2 Å². The van der Waals surface area contributed by atoms with E-state index in [0.717, 1.165) is 6.26 Å². The van der Waals surface area contributed by atoms with Crippen LogP contribution >= 0.6 is 0 Å². The highest BCUT2D eigenvalue weighted by molar-refractivity contribution is 7.88. The lowest BCUT2D eigenvalue weighted by atomic mass is 10.1. The van der Waals surface area contributed by atoms with Crippen molar-refractivity contribution in [2.45, 2.75) is 18.9 Å². The summed E-state index contributed by atoms with van der Waals surface area (Å²) in [4.78, 5) is 30.7. The van der Waals surface area contributed by atoms with Gasteiger partial charge < -0.3 is 4.90 Å². The minimum absolute atomic E-state index is 0.0215. The summed E-state index contributed by atoms with van der Waals surface area (Å²) in [6.45, 7) is 0.784. The molecule has 1 aliphatic rings. The molecular formula is C15H18N4O4S. The van der Waals surface area contributed by atoms with Crippen molar-refractivity contribution in [1.82, 2.24) is 19.0 Å². The Morgan fingerprint density at radius 1 is 1.29 bits per heavy atom. The first-order valence-corrected chi connectivity index (χ1v) is 9.47. The Balaban J connectivity index is 1.77. The second-order valence-electron chi connectivity index (χ2n) is 5.86. The molecule has 1 saturated heterocycles. The van der Waals surface area contributed by atoms with Crippen LogP contribution in [0.4, 0.5) is 0 Å². The molecule has 1 N–H and O–H groups in total. The van der Waals surface area contributed by atoms with Crippen LogP contribution in [-0.2, 0) is 10.0 Å². The second kappa shape index (κ2) is 6.33. The summed E-state index contributed by atoms with van der Waals surface area (Å²) >= 11 is 0. The zero-order valence-electron chi connectivity index (χ0n) is 13.2. The maximum atomic E-state index is 12.6. The number of amides is 1. The zero-order valence-corrected chi connectivity index (χ0v) is 14.0. The predicted octanol–water partition coefficient (Wildman–Crippen LogP) is -0.152. The molecule has 2 aromatic heterocycles. The third-order valence-corrected chi connectivity index (χ3v) is 4.77. The number of piperidine rings is 1. The van der Waals surface area contributed by atoms with Crippen molar-refractivity contribution in [2.24, 2.45) is 0 Å². The second-order valence-corrected chi connectivity index (χ2v) is 7.64. The normalized spacial score (nSPS) is 16.5. The lowest BCUT2D eigenvalue weighted by molar-refractivity contribution is 0.0709. The number of hydrogen-bond acceptors (Lipinski definition) is 5. The van der Waals surface area contributed by atoms with Crippen LogP contribution in [0.2, 0.25) is 0 Å². The topological polar surface area (TPSA) is 101 Å². The van der Waals surface area contributed by atoms with E-state index in [0.29, 0.717) is 31.6 Å². The Morgan fingerprint density at radius 3 is 2.67 bits per heavy atom. The molecule has 0 saturated carbocycles. The molecule has 1 aliphatic heterocycles. The van der Waals surface area contributed by atoms with Gasteiger partial charge in [0, 0.05) is 31.5 Å². The number of hydrogen-bond donors (Lipinski definition) is 1. The number of rotatable bonds is 3. The zero-order chi connectivity index (χ0) is 17.3. The average Bonchev–Trinajstić information content (AvgIpc) is 2.54. The van der Waals surface area contributed by atoms with Gasteiger partial charge in [0.1, 0.15) is 11.2 Å². The number of sulfonamides is 1. The van der Waals surface area contributed by atoms with E-state index in [4.69, 9.17) is 0 Å². The first-order chi connectivity index (χ1) is 11.3. The molecule has 0 aromatic carbocycles. The smallest absolute Gasteiger partial charge is 0.270 e. The van der Waals surface area contributed by atoms with E-state index >= 15 is 0 Å². The highest BCUT2D eigenvalue weighted by Crippen LogP contribution is 2.13. The van der Waals surface area contributed by atoms with E-state index in [1.807, 2.05) is 0 Å². The van der Waals surface area contributed by atoms with Gasteiger partial charge in [0.05, 0.1) is 6.26 Å². The third-order valence-electron chi connectivity index (χ3n) is 4.01. The van der Waals surface area contributed by atoms with Crippen molar-refractivity contribution in [1.29, 1.82) is 0 Å². The van der Waals surface area contributed by atoms with Gasteiger partial charge in [0.2, 0.25) is 10.0 Å². The summed E-state index contributed by atoms with van der Waals surface area (Å²) in [5.41, 5.74) is 0.102. The van der Waals surface area contributed by atoms with Crippen molar-refractivity contribution >= 4 is 21.6 Å². The quantitative estimate of drug-likeness (QED) is 0.829.